The zero-order chi connectivity index (χ0) is 20.0. The summed E-state index contributed by atoms with van der Waals surface area (Å²) >= 11 is 5.26. The third-order valence-electron chi connectivity index (χ3n) is 3.86. The molecule has 0 fully saturated rings. The number of benzene rings is 2. The second-order valence-electron chi connectivity index (χ2n) is 5.95. The first-order valence-corrected chi connectivity index (χ1v) is 9.77. The summed E-state index contributed by atoms with van der Waals surface area (Å²) in [5.74, 6) is 0. The first-order valence-electron chi connectivity index (χ1n) is 9.36. The van der Waals surface area contributed by atoms with Gasteiger partial charge in [0.25, 0.3) is 0 Å². The molecule has 0 spiro atoms. The molecule has 5 heteroatoms. The fourth-order valence-electron chi connectivity index (χ4n) is 2.25. The standard InChI is InChI=1S/C23H26N4S/c1-3-21(17-15-19-11-7-5-8-12-19)24-26-23(28)27-25-22(4-2)18-16-20-13-9-6-10-14-20/h5-18H,3-4H2,1-2H3,(H2,26,27,28)/b17-15-,18-16-,24-21-,25-22-. The minimum absolute atomic E-state index is 0.359. The minimum Gasteiger partial charge on any atom is -0.252 e. The predicted octanol–water partition coefficient (Wildman–Crippen LogP) is 5.41. The van der Waals surface area contributed by atoms with E-state index in [4.69, 9.17) is 12.2 Å². The third kappa shape index (κ3) is 8.10. The Labute approximate surface area is 172 Å². The van der Waals surface area contributed by atoms with Gasteiger partial charge in [-0.3, -0.25) is 10.9 Å². The Kier molecular flexibility index (Phi) is 9.38. The first kappa shape index (κ1) is 21.3. The second-order valence-corrected chi connectivity index (χ2v) is 6.36. The maximum absolute atomic E-state index is 5.26. The highest BCUT2D eigenvalue weighted by atomic mass is 32.1. The van der Waals surface area contributed by atoms with Gasteiger partial charge in [0.2, 0.25) is 5.11 Å². The van der Waals surface area contributed by atoms with Crippen molar-refractivity contribution in [3.63, 3.8) is 0 Å². The van der Waals surface area contributed by atoms with Gasteiger partial charge in [0, 0.05) is 0 Å². The molecule has 144 valence electrons. The summed E-state index contributed by atoms with van der Waals surface area (Å²) < 4.78 is 0. The van der Waals surface area contributed by atoms with Crippen molar-refractivity contribution in [3.05, 3.63) is 83.9 Å². The first-order chi connectivity index (χ1) is 13.7. The fraction of sp³-hybridized carbons (Fsp3) is 0.174. The largest absolute Gasteiger partial charge is 0.252 e. The van der Waals surface area contributed by atoms with E-state index in [2.05, 4.69) is 21.1 Å². The van der Waals surface area contributed by atoms with Gasteiger partial charge in [0.05, 0.1) is 11.4 Å². The minimum atomic E-state index is 0.359. The Bertz CT molecular complexity index is 781. The molecule has 0 amide bonds. The van der Waals surface area contributed by atoms with Gasteiger partial charge >= 0.3 is 0 Å². The smallest absolute Gasteiger partial charge is 0.207 e. The summed E-state index contributed by atoms with van der Waals surface area (Å²) in [6.45, 7) is 4.10. The summed E-state index contributed by atoms with van der Waals surface area (Å²) in [7, 11) is 0. The molecule has 0 aliphatic heterocycles. The molecular formula is C23H26N4S. The Hall–Kier alpha value is -3.05. The topological polar surface area (TPSA) is 48.8 Å². The lowest BCUT2D eigenvalue weighted by atomic mass is 10.2. The van der Waals surface area contributed by atoms with Crippen LogP contribution in [-0.2, 0) is 0 Å². The predicted molar refractivity (Wildman–Crippen MR) is 125 cm³/mol. The van der Waals surface area contributed by atoms with E-state index in [0.29, 0.717) is 5.11 Å². The maximum Gasteiger partial charge on any atom is 0.207 e. The average molecular weight is 391 g/mol. The molecule has 0 radical (unpaired) electrons. The van der Waals surface area contributed by atoms with Crippen molar-refractivity contribution in [2.24, 2.45) is 10.2 Å². The molecule has 0 heterocycles. The summed E-state index contributed by atoms with van der Waals surface area (Å²) in [5, 5.41) is 9.05. The zero-order valence-electron chi connectivity index (χ0n) is 16.3. The molecule has 2 rings (SSSR count). The van der Waals surface area contributed by atoms with E-state index in [0.717, 1.165) is 35.4 Å². The molecule has 0 saturated carbocycles. The van der Waals surface area contributed by atoms with Crippen molar-refractivity contribution in [3.8, 4) is 0 Å². The van der Waals surface area contributed by atoms with Crippen LogP contribution < -0.4 is 10.9 Å². The number of hydrogen-bond acceptors (Lipinski definition) is 3. The van der Waals surface area contributed by atoms with Gasteiger partial charge in [-0.05, 0) is 48.3 Å². The van der Waals surface area contributed by atoms with Gasteiger partial charge in [0.15, 0.2) is 0 Å². The molecule has 0 unspecified atom stereocenters. The van der Waals surface area contributed by atoms with Crippen molar-refractivity contribution in [2.45, 2.75) is 26.7 Å². The number of allylic oxidation sites excluding steroid dienone is 2. The summed E-state index contributed by atoms with van der Waals surface area (Å²) in [6, 6.07) is 20.2. The molecule has 0 atom stereocenters. The molecule has 2 aromatic carbocycles. The van der Waals surface area contributed by atoms with E-state index in [9.17, 15) is 0 Å². The van der Waals surface area contributed by atoms with E-state index in [-0.39, 0.29) is 0 Å². The van der Waals surface area contributed by atoms with Crippen LogP contribution in [0.3, 0.4) is 0 Å². The highest BCUT2D eigenvalue weighted by Crippen LogP contribution is 2.03. The fourth-order valence-corrected chi connectivity index (χ4v) is 2.34. The number of nitrogens with zero attached hydrogens (tertiary/aromatic N) is 2. The van der Waals surface area contributed by atoms with Crippen LogP contribution in [0, 0.1) is 0 Å². The highest BCUT2D eigenvalue weighted by molar-refractivity contribution is 7.80. The summed E-state index contributed by atoms with van der Waals surface area (Å²) in [4.78, 5) is 0. The lowest BCUT2D eigenvalue weighted by Gasteiger charge is -2.05. The molecule has 0 saturated heterocycles. The van der Waals surface area contributed by atoms with Gasteiger partial charge in [-0.15, -0.1) is 0 Å². The lowest BCUT2D eigenvalue weighted by Crippen LogP contribution is -2.29. The van der Waals surface area contributed by atoms with Crippen LogP contribution in [-0.4, -0.2) is 16.5 Å². The molecule has 0 aliphatic carbocycles. The van der Waals surface area contributed by atoms with Crippen molar-refractivity contribution < 1.29 is 0 Å². The highest BCUT2D eigenvalue weighted by Gasteiger charge is 1.96. The second kappa shape index (κ2) is 12.4. The SMILES string of the molecule is CCC(/C=C\c1ccccc1)=N/NC(=S)N/N=C(\C=C/c1ccccc1)CC. The summed E-state index contributed by atoms with van der Waals surface area (Å²) in [6.07, 6.45) is 9.61. The molecule has 0 bridgehead atoms. The van der Waals surface area contributed by atoms with E-state index in [1.54, 1.807) is 0 Å². The third-order valence-corrected chi connectivity index (χ3v) is 4.04. The molecule has 2 N–H and O–H groups in total. The Morgan fingerprint density at radius 1 is 0.750 bits per heavy atom. The van der Waals surface area contributed by atoms with E-state index < -0.39 is 0 Å². The number of rotatable bonds is 8. The van der Waals surface area contributed by atoms with Crippen molar-refractivity contribution in [1.82, 2.24) is 10.9 Å². The quantitative estimate of drug-likeness (QED) is 0.360. The van der Waals surface area contributed by atoms with Crippen molar-refractivity contribution in [1.29, 1.82) is 0 Å². The van der Waals surface area contributed by atoms with E-state index in [1.165, 1.54) is 0 Å². The number of hydrazone groups is 2. The van der Waals surface area contributed by atoms with Gasteiger partial charge in [-0.25, -0.2) is 0 Å². The average Bonchev–Trinajstić information content (AvgIpc) is 2.75. The maximum atomic E-state index is 5.26. The zero-order valence-corrected chi connectivity index (χ0v) is 17.1. The van der Waals surface area contributed by atoms with E-state index >= 15 is 0 Å². The number of hydrogen-bond donors (Lipinski definition) is 2. The Morgan fingerprint density at radius 3 is 1.50 bits per heavy atom. The monoisotopic (exact) mass is 390 g/mol. The van der Waals surface area contributed by atoms with Crippen LogP contribution in [0.5, 0.6) is 0 Å². The Balaban J connectivity index is 1.90. The lowest BCUT2D eigenvalue weighted by molar-refractivity contribution is 0.918. The summed E-state index contributed by atoms with van der Waals surface area (Å²) in [5.41, 5.74) is 9.76. The van der Waals surface area contributed by atoms with E-state index in [1.807, 2.05) is 98.8 Å². The van der Waals surface area contributed by atoms with Gasteiger partial charge in [-0.1, -0.05) is 86.7 Å². The van der Waals surface area contributed by atoms with Gasteiger partial charge in [0.1, 0.15) is 0 Å². The molecule has 28 heavy (non-hydrogen) atoms. The van der Waals surface area contributed by atoms with Crippen LogP contribution in [0.15, 0.2) is 83.0 Å². The molecular weight excluding hydrogens is 364 g/mol. The van der Waals surface area contributed by atoms with Crippen LogP contribution in [0.4, 0.5) is 0 Å². The molecule has 0 aliphatic rings. The van der Waals surface area contributed by atoms with Crippen LogP contribution in [0.2, 0.25) is 0 Å². The number of nitrogens with one attached hydrogen (secondary N) is 2. The van der Waals surface area contributed by atoms with Gasteiger partial charge in [-0.2, -0.15) is 10.2 Å². The van der Waals surface area contributed by atoms with Crippen LogP contribution in [0.25, 0.3) is 12.2 Å². The van der Waals surface area contributed by atoms with Crippen molar-refractivity contribution >= 4 is 40.9 Å². The number of thiocarbonyl (C=S) groups is 1. The van der Waals surface area contributed by atoms with Crippen LogP contribution >= 0.6 is 12.2 Å². The normalized spacial score (nSPS) is 12.5. The van der Waals surface area contributed by atoms with Crippen LogP contribution in [0.1, 0.15) is 37.8 Å². The van der Waals surface area contributed by atoms with Crippen molar-refractivity contribution in [2.75, 3.05) is 0 Å². The molecule has 2 aromatic rings. The Morgan fingerprint density at radius 2 is 1.14 bits per heavy atom. The van der Waals surface area contributed by atoms with Gasteiger partial charge < -0.3 is 0 Å². The molecule has 0 aromatic heterocycles. The molecule has 4 nitrogen and oxygen atoms in total.